The molecule has 1 fully saturated rings. The Labute approximate surface area is 149 Å². The Morgan fingerprint density at radius 1 is 1.35 bits per heavy atom. The first kappa shape index (κ1) is 18.9. The first-order valence-corrected chi connectivity index (χ1v) is 8.99. The minimum Gasteiger partial charge on any atom is -0.394 e. The van der Waals surface area contributed by atoms with Crippen LogP contribution in [0.5, 0.6) is 0 Å². The molecule has 1 aliphatic heterocycles. The number of hydrogen-bond acceptors (Lipinski definition) is 9. The molecule has 1 aromatic heterocycles. The van der Waals surface area contributed by atoms with E-state index in [0.29, 0.717) is 8.73 Å². The Hall–Kier alpha value is -0.440. The van der Waals surface area contributed by atoms with E-state index < -0.39 is 37.3 Å². The maximum atomic E-state index is 12.2. The Bertz CT molecular complexity index is 628. The van der Waals surface area contributed by atoms with Gasteiger partial charge in [-0.1, -0.05) is 11.8 Å². The standard InChI is InChI=1S/C12H18IN3O6S/c1-16-11(21)5(13)9(15-12(16)23-2)14-10-8(20)7(19)6(18)4(3-17)22-10/h4,6-8,10,14,17-20H,3H2,1-2H3/t4-,6+,7+,8-,10+/m0/s1. The molecule has 0 aromatic carbocycles. The number of hydrogen-bond donors (Lipinski definition) is 5. The predicted octanol–water partition coefficient (Wildman–Crippen LogP) is -1.68. The third kappa shape index (κ3) is 3.65. The van der Waals surface area contributed by atoms with Gasteiger partial charge in [-0.2, -0.15) is 0 Å². The molecule has 11 heteroatoms. The maximum absolute atomic E-state index is 12.2. The molecule has 23 heavy (non-hydrogen) atoms. The summed E-state index contributed by atoms with van der Waals surface area (Å²) >= 11 is 3.10. The lowest BCUT2D eigenvalue weighted by atomic mass is 9.98. The van der Waals surface area contributed by atoms with E-state index in [-0.39, 0.29) is 11.4 Å². The summed E-state index contributed by atoms with van der Waals surface area (Å²) in [7, 11) is 1.60. The second-order valence-corrected chi connectivity index (χ2v) is 6.87. The lowest BCUT2D eigenvalue weighted by Gasteiger charge is -2.40. The van der Waals surface area contributed by atoms with Crippen LogP contribution in [0.4, 0.5) is 5.82 Å². The van der Waals surface area contributed by atoms with Gasteiger partial charge in [0.15, 0.2) is 11.4 Å². The van der Waals surface area contributed by atoms with Crippen molar-refractivity contribution in [2.75, 3.05) is 18.2 Å². The summed E-state index contributed by atoms with van der Waals surface area (Å²) in [6.07, 6.45) is -4.78. The summed E-state index contributed by atoms with van der Waals surface area (Å²) in [6.45, 7) is -0.528. The van der Waals surface area contributed by atoms with Crippen LogP contribution >= 0.6 is 34.4 Å². The van der Waals surface area contributed by atoms with Crippen molar-refractivity contribution in [1.82, 2.24) is 9.55 Å². The van der Waals surface area contributed by atoms with Crippen molar-refractivity contribution in [2.45, 2.75) is 35.8 Å². The monoisotopic (exact) mass is 459 g/mol. The first-order valence-electron chi connectivity index (χ1n) is 6.69. The van der Waals surface area contributed by atoms with Crippen LogP contribution in [0.15, 0.2) is 9.95 Å². The van der Waals surface area contributed by atoms with Crippen molar-refractivity contribution in [1.29, 1.82) is 0 Å². The van der Waals surface area contributed by atoms with Gasteiger partial charge in [0, 0.05) is 7.05 Å². The molecule has 5 atom stereocenters. The third-order valence-electron chi connectivity index (χ3n) is 3.55. The predicted molar refractivity (Wildman–Crippen MR) is 91.4 cm³/mol. The number of aliphatic hydroxyl groups excluding tert-OH is 4. The van der Waals surface area contributed by atoms with Gasteiger partial charge < -0.3 is 30.5 Å². The van der Waals surface area contributed by atoms with Gasteiger partial charge in [0.1, 0.15) is 33.8 Å². The molecule has 130 valence electrons. The molecule has 2 heterocycles. The fourth-order valence-electron chi connectivity index (χ4n) is 2.19. The van der Waals surface area contributed by atoms with Crippen LogP contribution in [0, 0.1) is 3.57 Å². The quantitative estimate of drug-likeness (QED) is 0.203. The topological polar surface area (TPSA) is 137 Å². The van der Waals surface area contributed by atoms with Crippen molar-refractivity contribution in [3.8, 4) is 0 Å². The van der Waals surface area contributed by atoms with Crippen LogP contribution in [-0.4, -0.2) is 73.5 Å². The molecule has 0 saturated carbocycles. The van der Waals surface area contributed by atoms with Gasteiger partial charge in [-0.15, -0.1) is 0 Å². The zero-order chi connectivity index (χ0) is 17.3. The fraction of sp³-hybridized carbons (Fsp3) is 0.667. The van der Waals surface area contributed by atoms with E-state index in [1.165, 1.54) is 16.3 Å². The van der Waals surface area contributed by atoms with E-state index in [2.05, 4.69) is 10.3 Å². The summed E-state index contributed by atoms with van der Waals surface area (Å²) < 4.78 is 7.04. The zero-order valence-electron chi connectivity index (χ0n) is 12.4. The van der Waals surface area contributed by atoms with Crippen molar-refractivity contribution in [3.05, 3.63) is 13.9 Å². The Balaban J connectivity index is 2.31. The minimum atomic E-state index is -1.50. The summed E-state index contributed by atoms with van der Waals surface area (Å²) in [5.41, 5.74) is -0.267. The molecule has 0 amide bonds. The van der Waals surface area contributed by atoms with E-state index in [9.17, 15) is 25.2 Å². The largest absolute Gasteiger partial charge is 0.394 e. The summed E-state index contributed by atoms with van der Waals surface area (Å²) in [6, 6.07) is 0. The molecule has 2 rings (SSSR count). The summed E-state index contributed by atoms with van der Waals surface area (Å²) in [4.78, 5) is 16.4. The number of ether oxygens (including phenoxy) is 1. The van der Waals surface area contributed by atoms with E-state index >= 15 is 0 Å². The molecule has 0 radical (unpaired) electrons. The molecular formula is C12H18IN3O6S. The first-order chi connectivity index (χ1) is 10.8. The van der Waals surface area contributed by atoms with E-state index in [4.69, 9.17) is 4.74 Å². The maximum Gasteiger partial charge on any atom is 0.269 e. The van der Waals surface area contributed by atoms with Gasteiger partial charge in [0.05, 0.1) is 6.61 Å². The van der Waals surface area contributed by atoms with Gasteiger partial charge in [0.25, 0.3) is 5.56 Å². The highest BCUT2D eigenvalue weighted by Gasteiger charge is 2.43. The smallest absolute Gasteiger partial charge is 0.269 e. The second-order valence-electron chi connectivity index (χ2n) is 5.02. The number of aromatic nitrogens is 2. The number of thioether (sulfide) groups is 1. The SMILES string of the molecule is CSc1nc(N[C@@H]2O[C@@H](CO)[C@@H](O)[C@@H](O)[C@@H]2O)c(I)c(=O)n1C. The van der Waals surface area contributed by atoms with Crippen LogP contribution in [0.25, 0.3) is 0 Å². The molecule has 0 bridgehead atoms. The Kier molecular flexibility index (Phi) is 6.27. The number of nitrogens with one attached hydrogen (secondary N) is 1. The highest BCUT2D eigenvalue weighted by molar-refractivity contribution is 14.1. The highest BCUT2D eigenvalue weighted by atomic mass is 127. The third-order valence-corrected chi connectivity index (χ3v) is 5.25. The van der Waals surface area contributed by atoms with E-state index in [1.807, 2.05) is 22.6 Å². The molecule has 5 N–H and O–H groups in total. The fourth-order valence-corrected chi connectivity index (χ4v) is 3.37. The van der Waals surface area contributed by atoms with Crippen LogP contribution in [0.2, 0.25) is 0 Å². The van der Waals surface area contributed by atoms with Gasteiger partial charge >= 0.3 is 0 Å². The van der Waals surface area contributed by atoms with Crippen molar-refractivity contribution in [2.24, 2.45) is 7.05 Å². The number of rotatable bonds is 4. The second kappa shape index (κ2) is 7.63. The van der Waals surface area contributed by atoms with E-state index in [1.54, 1.807) is 13.3 Å². The van der Waals surface area contributed by atoms with Crippen LogP contribution in [-0.2, 0) is 11.8 Å². The normalized spacial score (nSPS) is 31.2. The van der Waals surface area contributed by atoms with Crippen molar-refractivity contribution in [3.63, 3.8) is 0 Å². The van der Waals surface area contributed by atoms with E-state index in [0.717, 1.165) is 0 Å². The Morgan fingerprint density at radius 2 is 2.00 bits per heavy atom. The summed E-state index contributed by atoms with van der Waals surface area (Å²) in [5, 5.41) is 42.0. The average molecular weight is 459 g/mol. The number of nitrogens with zero attached hydrogens (tertiary/aromatic N) is 2. The minimum absolute atomic E-state index is 0.197. The van der Waals surface area contributed by atoms with Gasteiger partial charge in [-0.3, -0.25) is 9.36 Å². The molecule has 1 aromatic rings. The number of aliphatic hydroxyl groups is 4. The lowest BCUT2D eigenvalue weighted by Crippen LogP contribution is -2.60. The van der Waals surface area contributed by atoms with Gasteiger partial charge in [-0.25, -0.2) is 4.98 Å². The molecule has 9 nitrogen and oxygen atoms in total. The molecular weight excluding hydrogens is 441 g/mol. The molecule has 0 spiro atoms. The summed E-state index contributed by atoms with van der Waals surface area (Å²) in [5.74, 6) is 0.197. The Morgan fingerprint density at radius 3 is 2.57 bits per heavy atom. The highest BCUT2D eigenvalue weighted by Crippen LogP contribution is 2.24. The van der Waals surface area contributed by atoms with Crippen molar-refractivity contribution < 1.29 is 25.2 Å². The lowest BCUT2D eigenvalue weighted by molar-refractivity contribution is -0.221. The molecule has 0 unspecified atom stereocenters. The number of anilines is 1. The van der Waals surface area contributed by atoms with Crippen LogP contribution < -0.4 is 10.9 Å². The number of halogens is 1. The van der Waals surface area contributed by atoms with Crippen LogP contribution in [0.1, 0.15) is 0 Å². The van der Waals surface area contributed by atoms with Crippen LogP contribution in [0.3, 0.4) is 0 Å². The van der Waals surface area contributed by atoms with Crippen molar-refractivity contribution >= 4 is 40.2 Å². The van der Waals surface area contributed by atoms with Gasteiger partial charge in [0.2, 0.25) is 0 Å². The van der Waals surface area contributed by atoms with Gasteiger partial charge in [-0.05, 0) is 28.8 Å². The molecule has 0 aliphatic carbocycles. The molecule has 1 saturated heterocycles. The zero-order valence-corrected chi connectivity index (χ0v) is 15.4. The average Bonchev–Trinajstić information content (AvgIpc) is 2.55. The molecule has 1 aliphatic rings.